The standard InChI is InChI=1S/C24H25ClN2O4S/c1-17-14-20(12-13-23(17)31-2)32(29,30)27-22(15-18-8-4-3-5-9-18)24(28)26-16-19-10-6-7-11-21(19)25/h3-14,22,27H,15-16H2,1-2H3,(H,26,28)/t22-/m1/s1. The van der Waals surface area contributed by atoms with Crippen molar-refractivity contribution < 1.29 is 17.9 Å². The van der Waals surface area contributed by atoms with E-state index in [0.29, 0.717) is 16.3 Å². The van der Waals surface area contributed by atoms with Gasteiger partial charge in [-0.05, 0) is 54.3 Å². The molecule has 0 aliphatic rings. The zero-order valence-corrected chi connectivity index (χ0v) is 19.4. The molecule has 0 fully saturated rings. The molecule has 0 spiro atoms. The number of sulfonamides is 1. The molecule has 0 aliphatic heterocycles. The third-order valence-corrected chi connectivity index (χ3v) is 6.82. The smallest absolute Gasteiger partial charge is 0.241 e. The number of methoxy groups -OCH3 is 1. The van der Waals surface area contributed by atoms with Gasteiger partial charge in [-0.15, -0.1) is 0 Å². The Morgan fingerprint density at radius 2 is 1.72 bits per heavy atom. The van der Waals surface area contributed by atoms with Crippen LogP contribution in [-0.2, 0) is 27.8 Å². The van der Waals surface area contributed by atoms with E-state index in [4.69, 9.17) is 16.3 Å². The summed E-state index contributed by atoms with van der Waals surface area (Å²) in [6.45, 7) is 1.95. The van der Waals surface area contributed by atoms with Gasteiger partial charge in [0.25, 0.3) is 0 Å². The number of rotatable bonds is 9. The second-order valence-corrected chi connectivity index (χ2v) is 9.43. The maximum absolute atomic E-state index is 13.1. The molecule has 0 saturated carbocycles. The minimum absolute atomic E-state index is 0.0627. The highest BCUT2D eigenvalue weighted by atomic mass is 35.5. The lowest BCUT2D eigenvalue weighted by Gasteiger charge is -2.19. The van der Waals surface area contributed by atoms with E-state index >= 15 is 0 Å². The van der Waals surface area contributed by atoms with Crippen LogP contribution < -0.4 is 14.8 Å². The van der Waals surface area contributed by atoms with Crippen molar-refractivity contribution in [2.75, 3.05) is 7.11 Å². The van der Waals surface area contributed by atoms with E-state index in [0.717, 1.165) is 11.1 Å². The van der Waals surface area contributed by atoms with Crippen LogP contribution in [0.15, 0.2) is 77.7 Å². The minimum atomic E-state index is -3.96. The monoisotopic (exact) mass is 472 g/mol. The van der Waals surface area contributed by atoms with Gasteiger partial charge in [0.1, 0.15) is 11.8 Å². The van der Waals surface area contributed by atoms with E-state index in [1.54, 1.807) is 31.2 Å². The van der Waals surface area contributed by atoms with Gasteiger partial charge in [0.15, 0.2) is 0 Å². The SMILES string of the molecule is COc1ccc(S(=O)(=O)N[C@H](Cc2ccccc2)C(=O)NCc2ccccc2Cl)cc1C. The first-order valence-electron chi connectivity index (χ1n) is 10.0. The molecule has 0 unspecified atom stereocenters. The molecule has 1 amide bonds. The summed E-state index contributed by atoms with van der Waals surface area (Å²) in [6, 6.07) is 20.0. The van der Waals surface area contributed by atoms with Gasteiger partial charge < -0.3 is 10.1 Å². The Morgan fingerprint density at radius 1 is 1.03 bits per heavy atom. The van der Waals surface area contributed by atoms with Crippen molar-refractivity contribution in [3.63, 3.8) is 0 Å². The normalized spacial score (nSPS) is 12.2. The fourth-order valence-electron chi connectivity index (χ4n) is 3.26. The van der Waals surface area contributed by atoms with Crippen molar-refractivity contribution in [3.05, 3.63) is 94.5 Å². The van der Waals surface area contributed by atoms with Crippen molar-refractivity contribution in [2.45, 2.75) is 30.8 Å². The molecule has 0 radical (unpaired) electrons. The van der Waals surface area contributed by atoms with E-state index in [9.17, 15) is 13.2 Å². The number of ether oxygens (including phenoxy) is 1. The van der Waals surface area contributed by atoms with Crippen LogP contribution in [0.2, 0.25) is 5.02 Å². The summed E-state index contributed by atoms with van der Waals surface area (Å²) < 4.78 is 33.9. The average Bonchev–Trinajstić information content (AvgIpc) is 2.78. The van der Waals surface area contributed by atoms with E-state index in [1.165, 1.54) is 19.2 Å². The lowest BCUT2D eigenvalue weighted by Crippen LogP contribution is -2.47. The van der Waals surface area contributed by atoms with Gasteiger partial charge in [0.2, 0.25) is 15.9 Å². The Bertz CT molecular complexity index is 1180. The third-order valence-electron chi connectivity index (χ3n) is 4.98. The molecule has 3 rings (SSSR count). The number of hydrogen-bond acceptors (Lipinski definition) is 4. The first-order valence-corrected chi connectivity index (χ1v) is 11.9. The van der Waals surface area contributed by atoms with Crippen molar-refractivity contribution in [2.24, 2.45) is 0 Å². The van der Waals surface area contributed by atoms with Gasteiger partial charge in [-0.3, -0.25) is 4.79 Å². The molecule has 0 heterocycles. The Kier molecular flexibility index (Phi) is 7.90. The van der Waals surface area contributed by atoms with Gasteiger partial charge in [0.05, 0.1) is 12.0 Å². The summed E-state index contributed by atoms with van der Waals surface area (Å²) in [4.78, 5) is 13.1. The van der Waals surface area contributed by atoms with Gasteiger partial charge in [-0.25, -0.2) is 8.42 Å². The van der Waals surface area contributed by atoms with Crippen molar-refractivity contribution in [1.29, 1.82) is 0 Å². The topological polar surface area (TPSA) is 84.5 Å². The van der Waals surface area contributed by atoms with Crippen LogP contribution in [0.25, 0.3) is 0 Å². The largest absolute Gasteiger partial charge is 0.496 e. The summed E-state index contributed by atoms with van der Waals surface area (Å²) in [5, 5.41) is 3.32. The maximum atomic E-state index is 13.1. The van der Waals surface area contributed by atoms with E-state index in [-0.39, 0.29) is 17.9 Å². The number of carbonyl (C=O) groups is 1. The van der Waals surface area contributed by atoms with Crippen LogP contribution in [-0.4, -0.2) is 27.5 Å². The van der Waals surface area contributed by atoms with Gasteiger partial charge >= 0.3 is 0 Å². The van der Waals surface area contributed by atoms with E-state index < -0.39 is 22.0 Å². The summed E-state index contributed by atoms with van der Waals surface area (Å²) in [5.41, 5.74) is 2.26. The molecule has 168 valence electrons. The maximum Gasteiger partial charge on any atom is 0.241 e. The zero-order chi connectivity index (χ0) is 23.1. The predicted molar refractivity (Wildman–Crippen MR) is 125 cm³/mol. The number of carbonyl (C=O) groups excluding carboxylic acids is 1. The summed E-state index contributed by atoms with van der Waals surface area (Å²) in [6.07, 6.45) is 0.198. The molecule has 8 heteroatoms. The number of hydrogen-bond donors (Lipinski definition) is 2. The molecule has 6 nitrogen and oxygen atoms in total. The van der Waals surface area contributed by atoms with Crippen LogP contribution in [0.4, 0.5) is 0 Å². The highest BCUT2D eigenvalue weighted by Crippen LogP contribution is 2.22. The number of aryl methyl sites for hydroxylation is 1. The van der Waals surface area contributed by atoms with Gasteiger partial charge in [0, 0.05) is 11.6 Å². The molecule has 3 aromatic carbocycles. The van der Waals surface area contributed by atoms with Crippen molar-refractivity contribution >= 4 is 27.5 Å². The molecular weight excluding hydrogens is 448 g/mol. The summed E-state index contributed by atoms with van der Waals surface area (Å²) in [5.74, 6) is 0.143. The van der Waals surface area contributed by atoms with Gasteiger partial charge in [-0.2, -0.15) is 4.72 Å². The van der Waals surface area contributed by atoms with E-state index in [1.807, 2.05) is 36.4 Å². The second-order valence-electron chi connectivity index (χ2n) is 7.30. The lowest BCUT2D eigenvalue weighted by molar-refractivity contribution is -0.122. The lowest BCUT2D eigenvalue weighted by atomic mass is 10.1. The molecule has 0 aromatic heterocycles. The third kappa shape index (κ3) is 6.09. The van der Waals surface area contributed by atoms with Crippen LogP contribution in [0.3, 0.4) is 0 Å². The molecule has 0 bridgehead atoms. The zero-order valence-electron chi connectivity index (χ0n) is 17.8. The fraction of sp³-hybridized carbons (Fsp3) is 0.208. The van der Waals surface area contributed by atoms with Crippen LogP contribution in [0.1, 0.15) is 16.7 Å². The molecule has 3 aromatic rings. The first kappa shape index (κ1) is 23.8. The summed E-state index contributed by atoms with van der Waals surface area (Å²) in [7, 11) is -2.43. The quantitative estimate of drug-likeness (QED) is 0.495. The number of halogens is 1. The molecular formula is C24H25ClN2O4S. The minimum Gasteiger partial charge on any atom is -0.496 e. The highest BCUT2D eigenvalue weighted by Gasteiger charge is 2.26. The summed E-state index contributed by atoms with van der Waals surface area (Å²) >= 11 is 6.17. The van der Waals surface area contributed by atoms with Crippen LogP contribution in [0.5, 0.6) is 5.75 Å². The molecule has 0 saturated heterocycles. The predicted octanol–water partition coefficient (Wildman–Crippen LogP) is 3.86. The molecule has 32 heavy (non-hydrogen) atoms. The average molecular weight is 473 g/mol. The van der Waals surface area contributed by atoms with Crippen LogP contribution in [0, 0.1) is 6.92 Å². The number of amides is 1. The van der Waals surface area contributed by atoms with Crippen molar-refractivity contribution in [3.8, 4) is 5.75 Å². The number of benzene rings is 3. The van der Waals surface area contributed by atoms with Crippen molar-refractivity contribution in [1.82, 2.24) is 10.0 Å². The molecule has 0 aliphatic carbocycles. The number of nitrogens with one attached hydrogen (secondary N) is 2. The Hall–Kier alpha value is -2.87. The Morgan fingerprint density at radius 3 is 2.38 bits per heavy atom. The second kappa shape index (κ2) is 10.6. The Labute approximate surface area is 193 Å². The first-order chi connectivity index (χ1) is 15.3. The van der Waals surface area contributed by atoms with Gasteiger partial charge in [-0.1, -0.05) is 60.1 Å². The fourth-order valence-corrected chi connectivity index (χ4v) is 4.74. The molecule has 1 atom stereocenters. The van der Waals surface area contributed by atoms with Crippen LogP contribution >= 0.6 is 11.6 Å². The van der Waals surface area contributed by atoms with E-state index in [2.05, 4.69) is 10.0 Å². The highest BCUT2D eigenvalue weighted by molar-refractivity contribution is 7.89. The molecule has 2 N–H and O–H groups in total. The Balaban J connectivity index is 1.82.